The molecule has 0 aliphatic carbocycles. The Balaban J connectivity index is 1.11. The molecule has 0 bridgehead atoms. The first kappa shape index (κ1) is 36.5. The molecule has 6 rings (SSSR count). The van der Waals surface area contributed by atoms with E-state index in [2.05, 4.69) is 61.7 Å². The van der Waals surface area contributed by atoms with Gasteiger partial charge in [0, 0.05) is 86.6 Å². The van der Waals surface area contributed by atoms with E-state index in [1.165, 1.54) is 16.1 Å². The molecule has 10 nitrogen and oxygen atoms in total. The summed E-state index contributed by atoms with van der Waals surface area (Å²) in [6.45, 7) is 11.7. The summed E-state index contributed by atoms with van der Waals surface area (Å²) in [7, 11) is -3.20. The average molecular weight is 731 g/mol. The molecule has 3 aromatic heterocycles. The molecule has 0 amide bonds. The van der Waals surface area contributed by atoms with Crippen molar-refractivity contribution >= 4 is 48.3 Å². The third-order valence-corrected chi connectivity index (χ3v) is 12.5. The van der Waals surface area contributed by atoms with Crippen LogP contribution in [0.15, 0.2) is 24.3 Å². The Hall–Kier alpha value is -3.29. The molecule has 0 unspecified atom stereocenters. The monoisotopic (exact) mass is 730 g/mol. The number of piperazine rings is 1. The molecule has 270 valence electrons. The summed E-state index contributed by atoms with van der Waals surface area (Å²) < 4.78 is 67.0. The van der Waals surface area contributed by atoms with Gasteiger partial charge in [-0.25, -0.2) is 18.4 Å². The molecule has 2 aliphatic rings. The van der Waals surface area contributed by atoms with Crippen LogP contribution in [0.2, 0.25) is 0 Å². The second-order valence-electron chi connectivity index (χ2n) is 13.6. The van der Waals surface area contributed by atoms with Crippen LogP contribution in [-0.4, -0.2) is 101 Å². The summed E-state index contributed by atoms with van der Waals surface area (Å²) in [4.78, 5) is 14.8. The number of nitrogens with one attached hydrogen (secondary N) is 1. The van der Waals surface area contributed by atoms with Gasteiger partial charge in [0.2, 0.25) is 10.0 Å². The number of likely N-dealkylation sites (tertiary alicyclic amines) is 1. The molecule has 1 aromatic carbocycles. The van der Waals surface area contributed by atoms with Crippen molar-refractivity contribution in [3.63, 3.8) is 0 Å². The molecule has 4 aromatic rings. The summed E-state index contributed by atoms with van der Waals surface area (Å²) in [5.74, 6) is 1.24. The molecular formula is C35H45F3N8O2S2. The van der Waals surface area contributed by atoms with Gasteiger partial charge in [0.05, 0.1) is 18.1 Å². The fraction of sp³-hybridized carbons (Fsp3) is 0.571. The molecule has 5 heterocycles. The number of halogens is 3. The van der Waals surface area contributed by atoms with Gasteiger partial charge in [0.15, 0.2) is 0 Å². The lowest BCUT2D eigenvalue weighted by atomic mass is 10.0. The summed E-state index contributed by atoms with van der Waals surface area (Å²) in [5.41, 5.74) is 4.04. The number of aromatic nitrogens is 3. The van der Waals surface area contributed by atoms with Crippen molar-refractivity contribution < 1.29 is 21.6 Å². The molecule has 1 atom stereocenters. The van der Waals surface area contributed by atoms with Gasteiger partial charge in [-0.1, -0.05) is 19.9 Å². The normalized spacial score (nSPS) is 18.2. The smallest absolute Gasteiger partial charge is 0.367 e. The molecule has 15 heteroatoms. The van der Waals surface area contributed by atoms with E-state index in [1.54, 1.807) is 6.07 Å². The maximum absolute atomic E-state index is 13.1. The lowest BCUT2D eigenvalue weighted by Crippen LogP contribution is -2.52. The Morgan fingerprint density at radius 2 is 1.78 bits per heavy atom. The quantitative estimate of drug-likeness (QED) is 0.203. The SMILES string of the molecule is CCc1nc(NC2CCN(Cc3ccc4c(cc(C#N)n4C[C@H](CC)N4CCN(S(C)(=O)=O)CC4)c3C)CC2)c2cc(CC(F)(F)F)sc2n1. The third-order valence-electron chi connectivity index (χ3n) is 10.2. The topological polar surface area (TPSA) is 110 Å². The number of fused-ring (bicyclic) bond motifs is 2. The van der Waals surface area contributed by atoms with Gasteiger partial charge in [-0.2, -0.15) is 22.7 Å². The minimum atomic E-state index is -4.27. The number of anilines is 1. The molecular weight excluding hydrogens is 686 g/mol. The largest absolute Gasteiger partial charge is 0.393 e. The van der Waals surface area contributed by atoms with Crippen LogP contribution in [0.4, 0.5) is 19.0 Å². The van der Waals surface area contributed by atoms with Crippen LogP contribution in [0.1, 0.15) is 60.6 Å². The number of thiophene rings is 1. The molecule has 0 spiro atoms. The molecule has 2 fully saturated rings. The Kier molecular flexibility index (Phi) is 10.8. The molecule has 50 heavy (non-hydrogen) atoms. The van der Waals surface area contributed by atoms with Crippen LogP contribution in [0, 0.1) is 18.3 Å². The van der Waals surface area contributed by atoms with E-state index in [1.807, 2.05) is 13.0 Å². The Labute approximate surface area is 295 Å². The van der Waals surface area contributed by atoms with E-state index in [4.69, 9.17) is 0 Å². The number of benzene rings is 1. The molecule has 0 radical (unpaired) electrons. The molecule has 0 saturated carbocycles. The number of nitrogens with zero attached hydrogens (tertiary/aromatic N) is 7. The van der Waals surface area contributed by atoms with E-state index in [0.29, 0.717) is 66.7 Å². The van der Waals surface area contributed by atoms with Gasteiger partial charge in [0.1, 0.15) is 28.2 Å². The van der Waals surface area contributed by atoms with Crippen molar-refractivity contribution in [2.75, 3.05) is 50.8 Å². The van der Waals surface area contributed by atoms with Gasteiger partial charge >= 0.3 is 6.18 Å². The first-order valence-electron chi connectivity index (χ1n) is 17.3. The van der Waals surface area contributed by atoms with Crippen molar-refractivity contribution in [2.24, 2.45) is 0 Å². The van der Waals surface area contributed by atoms with E-state index in [-0.39, 0.29) is 17.0 Å². The van der Waals surface area contributed by atoms with Gasteiger partial charge in [-0.3, -0.25) is 9.80 Å². The van der Waals surface area contributed by atoms with Gasteiger partial charge in [0.25, 0.3) is 0 Å². The fourth-order valence-electron chi connectivity index (χ4n) is 7.33. The first-order valence-corrected chi connectivity index (χ1v) is 20.0. The minimum absolute atomic E-state index is 0.150. The number of hydrogen-bond donors (Lipinski definition) is 1. The van der Waals surface area contributed by atoms with Crippen LogP contribution in [-0.2, 0) is 36.0 Å². The highest BCUT2D eigenvalue weighted by atomic mass is 32.2. The third kappa shape index (κ3) is 8.10. The van der Waals surface area contributed by atoms with Crippen molar-refractivity contribution in [2.45, 2.75) is 84.2 Å². The zero-order valence-corrected chi connectivity index (χ0v) is 30.7. The molecule has 2 saturated heterocycles. The average Bonchev–Trinajstić information content (AvgIpc) is 3.65. The van der Waals surface area contributed by atoms with Crippen molar-refractivity contribution in [1.82, 2.24) is 28.6 Å². The lowest BCUT2D eigenvalue weighted by molar-refractivity contribution is -0.126. The van der Waals surface area contributed by atoms with Gasteiger partial charge in [-0.05, 0) is 55.5 Å². The predicted molar refractivity (Wildman–Crippen MR) is 192 cm³/mol. The zero-order valence-electron chi connectivity index (χ0n) is 29.1. The van der Waals surface area contributed by atoms with Crippen LogP contribution in [0.3, 0.4) is 0 Å². The van der Waals surface area contributed by atoms with E-state index < -0.39 is 22.6 Å². The Bertz CT molecular complexity index is 1990. The summed E-state index contributed by atoms with van der Waals surface area (Å²) in [5, 5.41) is 15.4. The van der Waals surface area contributed by atoms with Crippen LogP contribution < -0.4 is 5.32 Å². The Morgan fingerprint density at radius 3 is 2.40 bits per heavy atom. The highest BCUT2D eigenvalue weighted by molar-refractivity contribution is 7.88. The van der Waals surface area contributed by atoms with Gasteiger partial charge < -0.3 is 9.88 Å². The van der Waals surface area contributed by atoms with E-state index in [0.717, 1.165) is 66.7 Å². The van der Waals surface area contributed by atoms with E-state index >= 15 is 0 Å². The summed E-state index contributed by atoms with van der Waals surface area (Å²) in [6, 6.07) is 10.6. The standard InChI is InChI=1S/C35H45F3N8O2S2/c1-5-26(44-13-15-45(16-14-44)50(4,47)48)22-46-27(20-39)17-29-23(3)24(7-8-31(29)46)21-43-11-9-25(10-12-43)40-33-30-18-28(19-35(36,37)38)49-34(30)42-32(6-2)41-33/h7-8,17-18,25-26H,5-6,9-16,19,21-22H2,1-4H3,(H,40,41,42)/t26-/m0/s1. The number of aryl methyl sites for hydroxylation is 2. The maximum atomic E-state index is 13.1. The zero-order chi connectivity index (χ0) is 35.8. The first-order chi connectivity index (χ1) is 23.8. The van der Waals surface area contributed by atoms with Crippen molar-refractivity contribution in [1.29, 1.82) is 5.26 Å². The number of sulfonamides is 1. The highest BCUT2D eigenvalue weighted by Gasteiger charge is 2.30. The minimum Gasteiger partial charge on any atom is -0.367 e. The van der Waals surface area contributed by atoms with Crippen LogP contribution in [0.25, 0.3) is 21.1 Å². The van der Waals surface area contributed by atoms with E-state index in [9.17, 15) is 26.9 Å². The molecule has 2 aliphatic heterocycles. The predicted octanol–water partition coefficient (Wildman–Crippen LogP) is 5.93. The van der Waals surface area contributed by atoms with Gasteiger partial charge in [-0.15, -0.1) is 11.3 Å². The Morgan fingerprint density at radius 1 is 1.06 bits per heavy atom. The van der Waals surface area contributed by atoms with Crippen molar-refractivity contribution in [3.8, 4) is 6.07 Å². The fourth-order valence-corrected chi connectivity index (χ4v) is 9.24. The number of nitriles is 1. The number of piperidine rings is 1. The number of hydrogen-bond acceptors (Lipinski definition) is 9. The summed E-state index contributed by atoms with van der Waals surface area (Å²) in [6.07, 6.45) is -0.740. The second kappa shape index (κ2) is 14.7. The van der Waals surface area contributed by atoms with Crippen LogP contribution in [0.5, 0.6) is 0 Å². The van der Waals surface area contributed by atoms with Crippen LogP contribution >= 0.6 is 11.3 Å². The molecule has 1 N–H and O–H groups in total. The second-order valence-corrected chi connectivity index (χ2v) is 16.7. The lowest BCUT2D eigenvalue weighted by Gasteiger charge is -2.38. The summed E-state index contributed by atoms with van der Waals surface area (Å²) >= 11 is 1.09. The highest BCUT2D eigenvalue weighted by Crippen LogP contribution is 2.34. The van der Waals surface area contributed by atoms with Crippen molar-refractivity contribution in [3.05, 3.63) is 51.8 Å². The number of rotatable bonds is 11. The number of alkyl halides is 3. The maximum Gasteiger partial charge on any atom is 0.393 e.